The van der Waals surface area contributed by atoms with Crippen LogP contribution in [0.15, 0.2) is 49.2 Å². The average molecular weight is 515 g/mol. The van der Waals surface area contributed by atoms with Crippen LogP contribution in [-0.2, 0) is 9.53 Å². The number of hydrogen-bond donors (Lipinski definition) is 5. The number of hydrogen-bond acceptors (Lipinski definition) is 9. The molecule has 1 amide bonds. The second kappa shape index (κ2) is 8.82. The van der Waals surface area contributed by atoms with Crippen LogP contribution in [0.25, 0.3) is 27.8 Å². The van der Waals surface area contributed by atoms with Gasteiger partial charge in [-0.1, -0.05) is 0 Å². The van der Waals surface area contributed by atoms with E-state index in [2.05, 4.69) is 35.7 Å². The maximum atomic E-state index is 13.1. The lowest BCUT2D eigenvalue weighted by molar-refractivity contribution is -0.132. The number of aliphatic hydroxyl groups excluding tert-OH is 1. The number of nitrogens with two attached hydrogens (primary N) is 1. The molecule has 1 saturated carbocycles. The van der Waals surface area contributed by atoms with E-state index in [1.807, 2.05) is 12.1 Å². The number of benzene rings is 1. The molecule has 1 aliphatic heterocycles. The number of carbonyl (C=O) groups is 1. The zero-order chi connectivity index (χ0) is 25.8. The van der Waals surface area contributed by atoms with E-state index in [-0.39, 0.29) is 6.42 Å². The molecule has 1 aromatic carbocycles. The Morgan fingerprint density at radius 1 is 1.26 bits per heavy atom. The number of amides is 1. The predicted molar refractivity (Wildman–Crippen MR) is 140 cm³/mol. The van der Waals surface area contributed by atoms with Crippen LogP contribution in [0.5, 0.6) is 0 Å². The van der Waals surface area contributed by atoms with E-state index in [1.165, 1.54) is 12.7 Å². The van der Waals surface area contributed by atoms with Crippen molar-refractivity contribution in [3.05, 3.63) is 49.2 Å². The average Bonchev–Trinajstić information content (AvgIpc) is 3.66. The first-order valence-electron chi connectivity index (χ1n) is 12.6. The van der Waals surface area contributed by atoms with Gasteiger partial charge in [0.25, 0.3) is 5.91 Å². The molecule has 5 heterocycles. The van der Waals surface area contributed by atoms with Crippen LogP contribution < -0.4 is 16.4 Å². The molecule has 2 aliphatic rings. The molecule has 6 N–H and O–H groups in total. The molecule has 0 radical (unpaired) electrons. The van der Waals surface area contributed by atoms with Gasteiger partial charge in [0.05, 0.1) is 28.2 Å². The molecule has 0 unspecified atom stereocenters. The number of anilines is 3. The summed E-state index contributed by atoms with van der Waals surface area (Å²) in [4.78, 5) is 29.5. The van der Waals surface area contributed by atoms with Crippen LogP contribution in [0.2, 0.25) is 0 Å². The Labute approximate surface area is 216 Å². The highest BCUT2D eigenvalue weighted by atomic mass is 16.5. The van der Waals surface area contributed by atoms with Crippen LogP contribution in [0.3, 0.4) is 0 Å². The molecular weight excluding hydrogens is 488 g/mol. The molecule has 3 atom stereocenters. The number of imidazole rings is 1. The predicted octanol–water partition coefficient (Wildman–Crippen LogP) is 2.33. The third kappa shape index (κ3) is 3.83. The molecule has 7 rings (SSSR count). The number of aromatic amines is 1. The van der Waals surface area contributed by atoms with Gasteiger partial charge in [0.15, 0.2) is 6.10 Å². The largest absolute Gasteiger partial charge is 0.390 e. The highest BCUT2D eigenvalue weighted by Gasteiger charge is 2.40. The minimum atomic E-state index is -1.07. The standard InChI is InChI=1S/C25H26N10O3/c26-22-20-17(35-8-2-7-29-35)11-34(23(20)28-12-27-22)19-10-18(36)21(38-19)24(37)30-14-5-6-15-16(9-14)33-25(32-15)31-13-3-1-4-13/h2,5-9,11-13,18-19,21,36H,1,3-4,10H2,(H,30,37)(H2,26,27,28)(H2,31,32,33)/t18-,19+,21-/m0/s1. The third-order valence-corrected chi connectivity index (χ3v) is 7.23. The number of carbonyl (C=O) groups excluding carboxylic acids is 1. The first kappa shape index (κ1) is 22.7. The monoisotopic (exact) mass is 514 g/mol. The fourth-order valence-corrected chi connectivity index (χ4v) is 5.07. The van der Waals surface area contributed by atoms with Gasteiger partial charge in [-0.2, -0.15) is 5.10 Å². The summed E-state index contributed by atoms with van der Waals surface area (Å²) < 4.78 is 9.48. The number of nitrogens with one attached hydrogen (secondary N) is 3. The van der Waals surface area contributed by atoms with Crippen molar-refractivity contribution in [2.24, 2.45) is 0 Å². The zero-order valence-corrected chi connectivity index (χ0v) is 20.3. The van der Waals surface area contributed by atoms with Crippen molar-refractivity contribution in [1.82, 2.24) is 34.3 Å². The van der Waals surface area contributed by atoms with Crippen molar-refractivity contribution in [2.75, 3.05) is 16.4 Å². The van der Waals surface area contributed by atoms with Gasteiger partial charge in [-0.25, -0.2) is 19.6 Å². The Balaban J connectivity index is 1.11. The lowest BCUT2D eigenvalue weighted by Gasteiger charge is -2.25. The maximum absolute atomic E-state index is 13.1. The molecule has 4 aromatic heterocycles. The SMILES string of the molecule is Nc1ncnc2c1c(-n1cccn1)cn2[C@H]1C[C@H](O)[C@@H](C(=O)Nc2ccc3nc(NC4CCC4)[nH]c3c2)O1. The summed E-state index contributed by atoms with van der Waals surface area (Å²) in [6.45, 7) is 0. The van der Waals surface area contributed by atoms with Gasteiger partial charge in [-0.05, 0) is 43.5 Å². The van der Waals surface area contributed by atoms with Crippen molar-refractivity contribution >= 4 is 45.4 Å². The Morgan fingerprint density at radius 3 is 2.95 bits per heavy atom. The van der Waals surface area contributed by atoms with Crippen LogP contribution in [0.4, 0.5) is 17.5 Å². The number of aromatic nitrogens is 7. The van der Waals surface area contributed by atoms with Gasteiger partial charge in [0.2, 0.25) is 5.95 Å². The van der Waals surface area contributed by atoms with E-state index < -0.39 is 24.3 Å². The van der Waals surface area contributed by atoms with E-state index >= 15 is 0 Å². The minimum Gasteiger partial charge on any atom is -0.390 e. The summed E-state index contributed by atoms with van der Waals surface area (Å²) >= 11 is 0. The second-order valence-corrected chi connectivity index (χ2v) is 9.72. The van der Waals surface area contributed by atoms with Gasteiger partial charge in [-0.15, -0.1) is 0 Å². The van der Waals surface area contributed by atoms with Gasteiger partial charge in [0.1, 0.15) is 24.0 Å². The van der Waals surface area contributed by atoms with Gasteiger partial charge < -0.3 is 35.8 Å². The number of fused-ring (bicyclic) bond motifs is 2. The molecule has 13 nitrogen and oxygen atoms in total. The Kier molecular flexibility index (Phi) is 5.26. The normalized spacial score (nSPS) is 21.7. The van der Waals surface area contributed by atoms with Crippen LogP contribution in [-0.4, -0.2) is 63.5 Å². The Morgan fingerprint density at radius 2 is 2.16 bits per heavy atom. The molecule has 1 saturated heterocycles. The minimum absolute atomic E-state index is 0.195. The quantitative estimate of drug-likeness (QED) is 0.228. The number of aliphatic hydroxyl groups is 1. The van der Waals surface area contributed by atoms with Crippen LogP contribution >= 0.6 is 0 Å². The number of ether oxygens (including phenoxy) is 1. The number of H-pyrrole nitrogens is 1. The topological polar surface area (TPSA) is 174 Å². The molecule has 0 bridgehead atoms. The summed E-state index contributed by atoms with van der Waals surface area (Å²) in [5.41, 5.74) is 9.55. The van der Waals surface area contributed by atoms with Gasteiger partial charge in [0, 0.05) is 36.7 Å². The van der Waals surface area contributed by atoms with Crippen molar-refractivity contribution in [3.8, 4) is 5.69 Å². The first-order valence-corrected chi connectivity index (χ1v) is 12.6. The van der Waals surface area contributed by atoms with Crippen molar-refractivity contribution in [3.63, 3.8) is 0 Å². The first-order chi connectivity index (χ1) is 18.5. The maximum Gasteiger partial charge on any atom is 0.256 e. The lowest BCUT2D eigenvalue weighted by Crippen LogP contribution is -2.35. The molecule has 38 heavy (non-hydrogen) atoms. The fraction of sp³-hybridized carbons (Fsp3) is 0.320. The van der Waals surface area contributed by atoms with E-state index in [4.69, 9.17) is 10.5 Å². The number of nitrogen functional groups attached to an aromatic ring is 1. The molecule has 13 heteroatoms. The molecule has 5 aromatic rings. The second-order valence-electron chi connectivity index (χ2n) is 9.72. The summed E-state index contributed by atoms with van der Waals surface area (Å²) in [5, 5.41) is 21.9. The van der Waals surface area contributed by atoms with Crippen molar-refractivity contribution < 1.29 is 14.6 Å². The molecule has 1 aliphatic carbocycles. The lowest BCUT2D eigenvalue weighted by atomic mass is 9.93. The fourth-order valence-electron chi connectivity index (χ4n) is 5.07. The van der Waals surface area contributed by atoms with Gasteiger partial charge in [-0.3, -0.25) is 4.79 Å². The van der Waals surface area contributed by atoms with E-state index in [9.17, 15) is 9.90 Å². The van der Waals surface area contributed by atoms with E-state index in [1.54, 1.807) is 40.0 Å². The smallest absolute Gasteiger partial charge is 0.256 e. The number of nitrogens with zero attached hydrogens (tertiary/aromatic N) is 6. The van der Waals surface area contributed by atoms with Crippen LogP contribution in [0.1, 0.15) is 31.9 Å². The van der Waals surface area contributed by atoms with Crippen molar-refractivity contribution in [2.45, 2.75) is 50.2 Å². The summed E-state index contributed by atoms with van der Waals surface area (Å²) in [5.74, 6) is 0.584. The third-order valence-electron chi connectivity index (χ3n) is 7.23. The summed E-state index contributed by atoms with van der Waals surface area (Å²) in [6, 6.07) is 7.70. The molecule has 0 spiro atoms. The van der Waals surface area contributed by atoms with E-state index in [0.29, 0.717) is 34.3 Å². The summed E-state index contributed by atoms with van der Waals surface area (Å²) in [6.07, 6.45) is 7.60. The molecule has 2 fully saturated rings. The highest BCUT2D eigenvalue weighted by Crippen LogP contribution is 2.36. The van der Waals surface area contributed by atoms with E-state index in [0.717, 1.165) is 29.8 Å². The number of rotatable bonds is 6. The van der Waals surface area contributed by atoms with Gasteiger partial charge >= 0.3 is 0 Å². The highest BCUT2D eigenvalue weighted by molar-refractivity contribution is 5.97. The molecule has 194 valence electrons. The zero-order valence-electron chi connectivity index (χ0n) is 20.3. The van der Waals surface area contributed by atoms with Crippen molar-refractivity contribution in [1.29, 1.82) is 0 Å². The Bertz CT molecular complexity index is 1640. The van der Waals surface area contributed by atoms with Crippen LogP contribution in [0, 0.1) is 0 Å². The summed E-state index contributed by atoms with van der Waals surface area (Å²) in [7, 11) is 0. The Hall–Kier alpha value is -4.49. The molecular formula is C25H26N10O3.